The van der Waals surface area contributed by atoms with Crippen molar-refractivity contribution in [1.29, 1.82) is 0 Å². The molecule has 0 unspecified atom stereocenters. The molecule has 0 fully saturated rings. The summed E-state index contributed by atoms with van der Waals surface area (Å²) in [5, 5.41) is 0. The smallest absolute Gasteiger partial charge is 0.345 e. The molecule has 2 aromatic carbocycles. The number of carbonyl (C=O) groups excluding carboxylic acids is 3. The van der Waals surface area contributed by atoms with Crippen LogP contribution in [0.5, 0.6) is 17.4 Å². The number of rotatable bonds is 7. The van der Waals surface area contributed by atoms with Gasteiger partial charge in [0.2, 0.25) is 0 Å². The number of ether oxygens (including phenoxy) is 3. The minimum absolute atomic E-state index is 0.0138. The summed E-state index contributed by atoms with van der Waals surface area (Å²) in [6.07, 6.45) is 1.04. The second kappa shape index (κ2) is 9.41. The predicted molar refractivity (Wildman–Crippen MR) is 112 cm³/mol. The molecular formula is C24H18O7. The SMILES string of the molecule is C=CC(=O)Oc1ccc(C(=O)Oc2ccc(-c3ccc(OC(=O)C(=C)C)cc3)o2)cc1. The number of hydrogen-bond donors (Lipinski definition) is 0. The number of benzene rings is 2. The molecule has 31 heavy (non-hydrogen) atoms. The van der Waals surface area contributed by atoms with E-state index in [4.69, 9.17) is 18.6 Å². The summed E-state index contributed by atoms with van der Waals surface area (Å²) in [5.74, 6) is -0.611. The summed E-state index contributed by atoms with van der Waals surface area (Å²) in [5.41, 5.74) is 1.25. The maximum Gasteiger partial charge on any atom is 0.345 e. The number of hydrogen-bond acceptors (Lipinski definition) is 7. The summed E-state index contributed by atoms with van der Waals surface area (Å²) < 4.78 is 20.9. The van der Waals surface area contributed by atoms with Crippen molar-refractivity contribution in [2.45, 2.75) is 6.92 Å². The van der Waals surface area contributed by atoms with Gasteiger partial charge in [-0.25, -0.2) is 14.4 Å². The third-order valence-corrected chi connectivity index (χ3v) is 3.95. The highest BCUT2D eigenvalue weighted by Gasteiger charge is 2.13. The number of furan rings is 1. The van der Waals surface area contributed by atoms with Gasteiger partial charge in [0.1, 0.15) is 17.3 Å². The van der Waals surface area contributed by atoms with Crippen LogP contribution in [-0.2, 0) is 9.59 Å². The van der Waals surface area contributed by atoms with E-state index in [-0.39, 0.29) is 17.3 Å². The lowest BCUT2D eigenvalue weighted by Crippen LogP contribution is -2.08. The second-order valence-electron chi connectivity index (χ2n) is 6.35. The third-order valence-electron chi connectivity index (χ3n) is 3.95. The molecular weight excluding hydrogens is 400 g/mol. The van der Waals surface area contributed by atoms with Gasteiger partial charge in [0.05, 0.1) is 5.56 Å². The molecule has 0 radical (unpaired) electrons. The summed E-state index contributed by atoms with van der Waals surface area (Å²) in [4.78, 5) is 35.0. The van der Waals surface area contributed by atoms with Crippen LogP contribution in [0, 0.1) is 0 Å². The molecule has 0 aliphatic rings. The van der Waals surface area contributed by atoms with Gasteiger partial charge in [-0.05, 0) is 61.5 Å². The van der Waals surface area contributed by atoms with E-state index in [2.05, 4.69) is 13.2 Å². The minimum atomic E-state index is -0.635. The van der Waals surface area contributed by atoms with Crippen molar-refractivity contribution < 1.29 is 33.0 Å². The van der Waals surface area contributed by atoms with E-state index in [1.165, 1.54) is 30.3 Å². The van der Waals surface area contributed by atoms with Crippen molar-refractivity contribution in [3.8, 4) is 28.8 Å². The molecule has 0 aliphatic carbocycles. The Hall–Kier alpha value is -4.39. The van der Waals surface area contributed by atoms with Crippen LogP contribution in [0.3, 0.4) is 0 Å². The first-order valence-corrected chi connectivity index (χ1v) is 9.10. The van der Waals surface area contributed by atoms with E-state index >= 15 is 0 Å². The monoisotopic (exact) mass is 418 g/mol. The summed E-state index contributed by atoms with van der Waals surface area (Å²) in [6.45, 7) is 8.41. The predicted octanol–water partition coefficient (Wildman–Crippen LogP) is 4.74. The molecule has 1 heterocycles. The van der Waals surface area contributed by atoms with Gasteiger partial charge >= 0.3 is 17.9 Å². The Morgan fingerprint density at radius 3 is 2.06 bits per heavy atom. The van der Waals surface area contributed by atoms with Gasteiger partial charge in [-0.1, -0.05) is 13.2 Å². The van der Waals surface area contributed by atoms with Crippen molar-refractivity contribution >= 4 is 17.9 Å². The maximum atomic E-state index is 12.3. The van der Waals surface area contributed by atoms with Gasteiger partial charge in [-0.3, -0.25) is 0 Å². The molecule has 0 aliphatic heterocycles. The van der Waals surface area contributed by atoms with Gasteiger partial charge in [0.15, 0.2) is 0 Å². The first kappa shape index (κ1) is 21.3. The van der Waals surface area contributed by atoms with Crippen LogP contribution in [0.1, 0.15) is 17.3 Å². The minimum Gasteiger partial charge on any atom is -0.425 e. The number of esters is 3. The van der Waals surface area contributed by atoms with Crippen molar-refractivity contribution in [3.05, 3.63) is 91.0 Å². The Morgan fingerprint density at radius 2 is 1.45 bits per heavy atom. The molecule has 3 aromatic rings. The summed E-state index contributed by atoms with van der Waals surface area (Å²) in [7, 11) is 0. The quantitative estimate of drug-likeness (QED) is 0.311. The summed E-state index contributed by atoms with van der Waals surface area (Å²) >= 11 is 0. The zero-order valence-corrected chi connectivity index (χ0v) is 16.6. The van der Waals surface area contributed by atoms with Crippen molar-refractivity contribution in [1.82, 2.24) is 0 Å². The van der Waals surface area contributed by atoms with Crippen LogP contribution < -0.4 is 14.2 Å². The third kappa shape index (κ3) is 5.57. The molecule has 7 heteroatoms. The Kier molecular flexibility index (Phi) is 6.47. The molecule has 0 amide bonds. The zero-order valence-electron chi connectivity index (χ0n) is 16.6. The maximum absolute atomic E-state index is 12.3. The fourth-order valence-corrected chi connectivity index (χ4v) is 2.38. The van der Waals surface area contributed by atoms with Gasteiger partial charge in [-0.2, -0.15) is 0 Å². The fourth-order valence-electron chi connectivity index (χ4n) is 2.38. The normalized spacial score (nSPS) is 10.1. The van der Waals surface area contributed by atoms with Crippen LogP contribution in [0.2, 0.25) is 0 Å². The molecule has 0 saturated carbocycles. The molecule has 0 N–H and O–H groups in total. The largest absolute Gasteiger partial charge is 0.425 e. The van der Waals surface area contributed by atoms with Crippen molar-refractivity contribution in [2.24, 2.45) is 0 Å². The molecule has 156 valence electrons. The van der Waals surface area contributed by atoms with Gasteiger partial charge in [0.25, 0.3) is 5.95 Å². The van der Waals surface area contributed by atoms with Crippen LogP contribution in [-0.4, -0.2) is 17.9 Å². The second-order valence-corrected chi connectivity index (χ2v) is 6.35. The molecule has 0 bridgehead atoms. The van der Waals surface area contributed by atoms with Crippen LogP contribution >= 0.6 is 0 Å². The Morgan fingerprint density at radius 1 is 0.839 bits per heavy atom. The first-order chi connectivity index (χ1) is 14.9. The van der Waals surface area contributed by atoms with Crippen molar-refractivity contribution in [2.75, 3.05) is 0 Å². The molecule has 0 atom stereocenters. The van der Waals surface area contributed by atoms with Crippen LogP contribution in [0.4, 0.5) is 0 Å². The molecule has 3 rings (SSSR count). The molecule has 0 saturated heterocycles. The van der Waals surface area contributed by atoms with E-state index in [0.29, 0.717) is 22.6 Å². The first-order valence-electron chi connectivity index (χ1n) is 9.10. The lowest BCUT2D eigenvalue weighted by atomic mass is 10.2. The number of carbonyl (C=O) groups is 3. The topological polar surface area (TPSA) is 92.0 Å². The Labute approximate surface area is 178 Å². The van der Waals surface area contributed by atoms with Gasteiger partial charge < -0.3 is 18.6 Å². The Bertz CT molecular complexity index is 1140. The standard InChI is InChI=1S/C24H18O7/c1-4-21(25)28-18-11-7-17(8-12-18)24(27)31-22-14-13-20(30-22)16-5-9-19(10-6-16)29-23(26)15(2)3/h4-14H,1-2H2,3H3. The zero-order chi connectivity index (χ0) is 22.4. The Balaban J connectivity index is 1.63. The molecule has 1 aromatic heterocycles. The van der Waals surface area contributed by atoms with Gasteiger partial charge in [0, 0.05) is 23.3 Å². The lowest BCUT2D eigenvalue weighted by molar-refractivity contribution is -0.130. The highest BCUT2D eigenvalue weighted by atomic mass is 16.6. The van der Waals surface area contributed by atoms with Gasteiger partial charge in [-0.15, -0.1) is 0 Å². The fraction of sp³-hybridized carbons (Fsp3) is 0.0417. The summed E-state index contributed by atoms with van der Waals surface area (Å²) in [6, 6.07) is 15.7. The van der Waals surface area contributed by atoms with E-state index in [0.717, 1.165) is 6.08 Å². The van der Waals surface area contributed by atoms with E-state index < -0.39 is 17.9 Å². The van der Waals surface area contributed by atoms with E-state index in [9.17, 15) is 14.4 Å². The van der Waals surface area contributed by atoms with Crippen molar-refractivity contribution in [3.63, 3.8) is 0 Å². The molecule has 7 nitrogen and oxygen atoms in total. The van der Waals surface area contributed by atoms with Crippen LogP contribution in [0.15, 0.2) is 89.9 Å². The van der Waals surface area contributed by atoms with E-state index in [1.807, 2.05) is 0 Å². The average molecular weight is 418 g/mol. The average Bonchev–Trinajstić information content (AvgIpc) is 3.23. The lowest BCUT2D eigenvalue weighted by Gasteiger charge is -2.05. The highest BCUT2D eigenvalue weighted by molar-refractivity contribution is 5.91. The molecule has 0 spiro atoms. The van der Waals surface area contributed by atoms with E-state index in [1.54, 1.807) is 37.3 Å². The highest BCUT2D eigenvalue weighted by Crippen LogP contribution is 2.28. The van der Waals surface area contributed by atoms with Crippen LogP contribution in [0.25, 0.3) is 11.3 Å².